The van der Waals surface area contributed by atoms with Gasteiger partial charge in [-0.05, 0) is 59.7 Å². The minimum absolute atomic E-state index is 0.182. The highest BCUT2D eigenvalue weighted by molar-refractivity contribution is 5.87. The zero-order chi connectivity index (χ0) is 18.4. The Bertz CT molecular complexity index is 458. The van der Waals surface area contributed by atoms with E-state index in [2.05, 4.69) is 4.90 Å². The van der Waals surface area contributed by atoms with Crippen LogP contribution < -0.4 is 0 Å². The maximum Gasteiger partial charge on any atom is 0.411 e. The third-order valence-corrected chi connectivity index (χ3v) is 4.74. The normalized spacial score (nSPS) is 23.0. The molecule has 2 heterocycles. The van der Waals surface area contributed by atoms with Gasteiger partial charge in [-0.1, -0.05) is 6.42 Å². The third-order valence-electron chi connectivity index (χ3n) is 4.74. The van der Waals surface area contributed by atoms with Gasteiger partial charge in [0.25, 0.3) is 0 Å². The molecular weight excluding hydrogens is 322 g/mol. The molecule has 0 aromatic rings. The molecule has 2 saturated heterocycles. The van der Waals surface area contributed by atoms with Gasteiger partial charge >= 0.3 is 6.09 Å². The fourth-order valence-electron chi connectivity index (χ4n) is 3.44. The second-order valence-corrected chi connectivity index (χ2v) is 7.95. The first-order valence-electron chi connectivity index (χ1n) is 9.43. The molecule has 25 heavy (non-hydrogen) atoms. The summed E-state index contributed by atoms with van der Waals surface area (Å²) in [4.78, 5) is 30.5. The fraction of sp³-hybridized carbons (Fsp3) is 0.889. The van der Waals surface area contributed by atoms with Crippen LogP contribution in [0.2, 0.25) is 0 Å². The number of rotatable bonds is 5. The van der Waals surface area contributed by atoms with Gasteiger partial charge in [-0.2, -0.15) is 0 Å². The van der Waals surface area contributed by atoms with Gasteiger partial charge in [-0.3, -0.25) is 9.69 Å². The number of hydrogen-bond acceptors (Lipinski definition) is 5. The van der Waals surface area contributed by atoms with E-state index in [1.165, 1.54) is 24.2 Å². The monoisotopic (exact) mass is 355 g/mol. The van der Waals surface area contributed by atoms with Crippen LogP contribution in [0.5, 0.6) is 0 Å². The summed E-state index contributed by atoms with van der Waals surface area (Å²) in [5.41, 5.74) is -0.619. The van der Waals surface area contributed by atoms with Crippen molar-refractivity contribution in [1.29, 1.82) is 0 Å². The SMILES string of the molecule is CC(C)(C)OC(=O)N1CCN(CCCN2CCCCC2)C(=O)[C@@H]1CO. The number of hydrogen-bond donors (Lipinski definition) is 1. The smallest absolute Gasteiger partial charge is 0.411 e. The number of likely N-dealkylation sites (tertiary alicyclic amines) is 1. The second-order valence-electron chi connectivity index (χ2n) is 7.95. The lowest BCUT2D eigenvalue weighted by Crippen LogP contribution is -2.60. The molecule has 0 aromatic carbocycles. The van der Waals surface area contributed by atoms with E-state index in [0.717, 1.165) is 26.1 Å². The van der Waals surface area contributed by atoms with E-state index in [1.807, 2.05) is 0 Å². The highest BCUT2D eigenvalue weighted by Crippen LogP contribution is 2.17. The van der Waals surface area contributed by atoms with Crippen LogP contribution in [-0.2, 0) is 9.53 Å². The number of aliphatic hydroxyl groups excluding tert-OH is 1. The summed E-state index contributed by atoms with van der Waals surface area (Å²) in [5.74, 6) is -0.182. The highest BCUT2D eigenvalue weighted by Gasteiger charge is 2.38. The van der Waals surface area contributed by atoms with Crippen LogP contribution in [0.3, 0.4) is 0 Å². The molecule has 0 spiro atoms. The number of carbonyl (C=O) groups excluding carboxylic acids is 2. The minimum atomic E-state index is -0.835. The Balaban J connectivity index is 1.84. The average molecular weight is 355 g/mol. The van der Waals surface area contributed by atoms with Gasteiger partial charge < -0.3 is 19.6 Å². The largest absolute Gasteiger partial charge is 0.444 e. The van der Waals surface area contributed by atoms with Crippen molar-refractivity contribution < 1.29 is 19.4 Å². The van der Waals surface area contributed by atoms with Gasteiger partial charge in [0.2, 0.25) is 5.91 Å². The van der Waals surface area contributed by atoms with Crippen LogP contribution in [-0.4, -0.2) is 89.3 Å². The van der Waals surface area contributed by atoms with Crippen molar-refractivity contribution in [2.24, 2.45) is 0 Å². The Kier molecular flexibility index (Phi) is 7.07. The molecule has 0 radical (unpaired) electrons. The van der Waals surface area contributed by atoms with E-state index in [4.69, 9.17) is 4.74 Å². The number of aliphatic hydroxyl groups is 1. The molecule has 2 aliphatic heterocycles. The molecule has 144 valence electrons. The van der Waals surface area contributed by atoms with Gasteiger partial charge in [-0.15, -0.1) is 0 Å². The first-order chi connectivity index (χ1) is 11.8. The Morgan fingerprint density at radius 2 is 1.80 bits per heavy atom. The van der Waals surface area contributed by atoms with Crippen LogP contribution in [0.25, 0.3) is 0 Å². The summed E-state index contributed by atoms with van der Waals surface area (Å²) in [5, 5.41) is 9.62. The number of carbonyl (C=O) groups is 2. The lowest BCUT2D eigenvalue weighted by atomic mass is 10.1. The molecule has 7 nitrogen and oxygen atoms in total. The summed E-state index contributed by atoms with van der Waals surface area (Å²) < 4.78 is 5.35. The third kappa shape index (κ3) is 5.85. The lowest BCUT2D eigenvalue weighted by molar-refractivity contribution is -0.143. The van der Waals surface area contributed by atoms with Crippen molar-refractivity contribution in [3.05, 3.63) is 0 Å². The summed E-state index contributed by atoms with van der Waals surface area (Å²) in [7, 11) is 0. The predicted octanol–water partition coefficient (Wildman–Crippen LogP) is 1.30. The van der Waals surface area contributed by atoms with Gasteiger partial charge in [0, 0.05) is 19.6 Å². The molecule has 0 bridgehead atoms. The van der Waals surface area contributed by atoms with Crippen molar-refractivity contribution in [2.75, 3.05) is 45.9 Å². The highest BCUT2D eigenvalue weighted by atomic mass is 16.6. The summed E-state index contributed by atoms with van der Waals surface area (Å²) in [6.07, 6.45) is 4.24. The standard InChI is InChI=1S/C18H33N3O4/c1-18(2,3)25-17(24)21-13-12-20(16(23)15(21)14-22)11-7-10-19-8-5-4-6-9-19/h15,22H,4-14H2,1-3H3/t15-/m0/s1. The Labute approximate surface area is 150 Å². The fourth-order valence-corrected chi connectivity index (χ4v) is 3.44. The maximum absolute atomic E-state index is 12.6. The number of ether oxygens (including phenoxy) is 1. The molecule has 7 heteroatoms. The molecule has 0 aromatic heterocycles. The Morgan fingerprint density at radius 1 is 1.12 bits per heavy atom. The van der Waals surface area contributed by atoms with Crippen LogP contribution in [0.15, 0.2) is 0 Å². The zero-order valence-corrected chi connectivity index (χ0v) is 15.9. The van der Waals surface area contributed by atoms with E-state index < -0.39 is 17.7 Å². The van der Waals surface area contributed by atoms with Crippen LogP contribution >= 0.6 is 0 Å². The van der Waals surface area contributed by atoms with E-state index in [0.29, 0.717) is 19.6 Å². The molecule has 0 saturated carbocycles. The summed E-state index contributed by atoms with van der Waals surface area (Å²) in [6.45, 7) is 9.87. The first kappa shape index (κ1) is 20.0. The zero-order valence-electron chi connectivity index (χ0n) is 15.9. The molecule has 0 aliphatic carbocycles. The number of nitrogens with zero attached hydrogens (tertiary/aromatic N) is 3. The molecule has 1 atom stereocenters. The summed E-state index contributed by atoms with van der Waals surface area (Å²) in [6, 6.07) is -0.835. The molecule has 2 amide bonds. The predicted molar refractivity (Wildman–Crippen MR) is 95.3 cm³/mol. The van der Waals surface area contributed by atoms with Crippen molar-refractivity contribution in [2.45, 2.75) is 58.1 Å². The van der Waals surface area contributed by atoms with Crippen LogP contribution in [0.4, 0.5) is 4.79 Å². The Hall–Kier alpha value is -1.34. The lowest BCUT2D eigenvalue weighted by Gasteiger charge is -2.40. The van der Waals surface area contributed by atoms with E-state index in [1.54, 1.807) is 25.7 Å². The van der Waals surface area contributed by atoms with E-state index in [-0.39, 0.29) is 12.5 Å². The molecule has 2 aliphatic rings. The minimum Gasteiger partial charge on any atom is -0.444 e. The molecule has 0 unspecified atom stereocenters. The van der Waals surface area contributed by atoms with Gasteiger partial charge in [0.15, 0.2) is 0 Å². The summed E-state index contributed by atoms with van der Waals surface area (Å²) >= 11 is 0. The molecule has 2 fully saturated rings. The van der Waals surface area contributed by atoms with Crippen LogP contribution in [0, 0.1) is 0 Å². The number of amides is 2. The van der Waals surface area contributed by atoms with Crippen molar-refractivity contribution in [3.8, 4) is 0 Å². The maximum atomic E-state index is 12.6. The number of piperidine rings is 1. The number of piperazine rings is 1. The van der Waals surface area contributed by atoms with Crippen molar-refractivity contribution in [1.82, 2.24) is 14.7 Å². The van der Waals surface area contributed by atoms with Crippen LogP contribution in [0.1, 0.15) is 46.5 Å². The molecule has 2 rings (SSSR count). The van der Waals surface area contributed by atoms with Gasteiger partial charge in [0.05, 0.1) is 6.61 Å². The van der Waals surface area contributed by atoms with Crippen molar-refractivity contribution in [3.63, 3.8) is 0 Å². The molecular formula is C18H33N3O4. The Morgan fingerprint density at radius 3 is 2.40 bits per heavy atom. The van der Waals surface area contributed by atoms with E-state index >= 15 is 0 Å². The second kappa shape index (κ2) is 8.85. The van der Waals surface area contributed by atoms with Gasteiger partial charge in [-0.25, -0.2) is 4.79 Å². The molecule has 1 N–H and O–H groups in total. The average Bonchev–Trinajstić information content (AvgIpc) is 2.55. The van der Waals surface area contributed by atoms with Gasteiger partial charge in [0.1, 0.15) is 11.6 Å². The van der Waals surface area contributed by atoms with E-state index in [9.17, 15) is 14.7 Å². The van der Waals surface area contributed by atoms with Crippen molar-refractivity contribution >= 4 is 12.0 Å². The quantitative estimate of drug-likeness (QED) is 0.805. The topological polar surface area (TPSA) is 73.3 Å². The first-order valence-corrected chi connectivity index (χ1v) is 9.43.